The van der Waals surface area contributed by atoms with Crippen molar-refractivity contribution in [2.75, 3.05) is 45.4 Å². The van der Waals surface area contributed by atoms with Crippen LogP contribution in [0.1, 0.15) is 12.0 Å². The summed E-state index contributed by atoms with van der Waals surface area (Å²) in [5, 5.41) is 10.3. The summed E-state index contributed by atoms with van der Waals surface area (Å²) in [5.41, 5.74) is 1.19. The number of benzene rings is 1. The van der Waals surface area contributed by atoms with E-state index >= 15 is 0 Å². The molecule has 1 aromatic carbocycles. The zero-order chi connectivity index (χ0) is 23.6. The number of methoxy groups -OCH3 is 2. The van der Waals surface area contributed by atoms with Crippen LogP contribution in [0.25, 0.3) is 10.9 Å². The van der Waals surface area contributed by atoms with Gasteiger partial charge in [-0.15, -0.1) is 0 Å². The van der Waals surface area contributed by atoms with Crippen molar-refractivity contribution in [1.82, 2.24) is 8.96 Å². The quantitative estimate of drug-likeness (QED) is 0.498. The molecule has 4 rings (SSSR count). The first-order valence-electron chi connectivity index (χ1n) is 10.5. The molecule has 3 heterocycles. The smallest absolute Gasteiger partial charge is 0.269 e. The largest absolute Gasteiger partial charge is 0.513 e. The molecule has 3 aromatic rings. The zero-order valence-corrected chi connectivity index (χ0v) is 19.5. The lowest BCUT2D eigenvalue weighted by Gasteiger charge is -2.27. The third-order valence-electron chi connectivity index (χ3n) is 5.65. The molecule has 0 bridgehead atoms. The Morgan fingerprint density at radius 1 is 1.18 bits per heavy atom. The van der Waals surface area contributed by atoms with Crippen molar-refractivity contribution >= 4 is 26.7 Å². The van der Waals surface area contributed by atoms with Gasteiger partial charge in [-0.05, 0) is 30.2 Å². The van der Waals surface area contributed by atoms with Gasteiger partial charge in [-0.25, -0.2) is 17.4 Å². The molecule has 176 valence electrons. The minimum Gasteiger partial charge on any atom is -0.513 e. The average Bonchev–Trinajstić information content (AvgIpc) is 3.20. The van der Waals surface area contributed by atoms with Gasteiger partial charge in [-0.1, -0.05) is 6.58 Å². The van der Waals surface area contributed by atoms with Crippen LogP contribution in [0.5, 0.6) is 11.5 Å². The second kappa shape index (κ2) is 9.32. The summed E-state index contributed by atoms with van der Waals surface area (Å²) < 4.78 is 44.6. The third kappa shape index (κ3) is 4.49. The third-order valence-corrected chi connectivity index (χ3v) is 7.31. The lowest BCUT2D eigenvalue weighted by atomic mass is 10.1. The highest BCUT2D eigenvalue weighted by molar-refractivity contribution is 7.90. The van der Waals surface area contributed by atoms with Gasteiger partial charge in [0, 0.05) is 43.4 Å². The van der Waals surface area contributed by atoms with Crippen molar-refractivity contribution < 1.29 is 27.7 Å². The molecule has 0 atom stereocenters. The standard InChI is InChI=1S/C23H27N3O6S/c1-16(27)4-5-17-15-26(20-13-22(31-3)21(30-2)12-19(17)20)33(28,29)18-6-7-23(24-14-18)25-8-10-32-11-9-25/h6-7,12-15,27H,1,4-5,8-11H2,2-3H3. The number of pyridine rings is 1. The Bertz CT molecular complexity index is 1260. The van der Waals surface area contributed by atoms with Gasteiger partial charge in [0.2, 0.25) is 0 Å². The Morgan fingerprint density at radius 2 is 1.88 bits per heavy atom. The van der Waals surface area contributed by atoms with Gasteiger partial charge in [0.1, 0.15) is 10.7 Å². The number of anilines is 1. The highest BCUT2D eigenvalue weighted by Gasteiger charge is 2.24. The first-order chi connectivity index (χ1) is 15.8. The maximum Gasteiger partial charge on any atom is 0.269 e. The number of hydrogen-bond donors (Lipinski definition) is 1. The zero-order valence-electron chi connectivity index (χ0n) is 18.7. The highest BCUT2D eigenvalue weighted by Crippen LogP contribution is 2.36. The number of rotatable bonds is 8. The molecule has 0 amide bonds. The Morgan fingerprint density at radius 3 is 2.48 bits per heavy atom. The van der Waals surface area contributed by atoms with E-state index < -0.39 is 10.0 Å². The molecule has 0 saturated carbocycles. The number of allylic oxidation sites excluding steroid dienone is 1. The Hall–Kier alpha value is -3.24. The normalized spacial score (nSPS) is 14.4. The number of hydrogen-bond acceptors (Lipinski definition) is 8. The van der Waals surface area contributed by atoms with E-state index in [1.807, 2.05) is 0 Å². The van der Waals surface area contributed by atoms with Crippen molar-refractivity contribution in [3.8, 4) is 11.5 Å². The number of nitrogens with zero attached hydrogens (tertiary/aromatic N) is 3. The fourth-order valence-corrected chi connectivity index (χ4v) is 5.21. The van der Waals surface area contributed by atoms with E-state index in [2.05, 4.69) is 16.5 Å². The lowest BCUT2D eigenvalue weighted by Crippen LogP contribution is -2.36. The van der Waals surface area contributed by atoms with Crippen LogP contribution in [0.4, 0.5) is 5.82 Å². The number of morpholine rings is 1. The molecule has 0 unspecified atom stereocenters. The minimum absolute atomic E-state index is 0.0298. The number of aromatic nitrogens is 2. The van der Waals surface area contributed by atoms with E-state index in [0.29, 0.717) is 67.4 Å². The molecule has 2 aromatic heterocycles. The molecule has 1 saturated heterocycles. The molecule has 1 aliphatic heterocycles. The fraction of sp³-hybridized carbons (Fsp3) is 0.348. The molecule has 1 fully saturated rings. The summed E-state index contributed by atoms with van der Waals surface area (Å²) in [6.45, 7) is 6.18. The van der Waals surface area contributed by atoms with E-state index in [-0.39, 0.29) is 10.7 Å². The van der Waals surface area contributed by atoms with Crippen LogP contribution in [0.2, 0.25) is 0 Å². The predicted molar refractivity (Wildman–Crippen MR) is 125 cm³/mol. The van der Waals surface area contributed by atoms with Gasteiger partial charge in [0.25, 0.3) is 10.0 Å². The molecular weight excluding hydrogens is 446 g/mol. The lowest BCUT2D eigenvalue weighted by molar-refractivity contribution is 0.122. The second-order valence-corrected chi connectivity index (χ2v) is 9.51. The first kappa shape index (κ1) is 22.9. The molecular formula is C23H27N3O6S. The predicted octanol–water partition coefficient (Wildman–Crippen LogP) is 3.13. The number of fused-ring (bicyclic) bond motifs is 1. The van der Waals surface area contributed by atoms with Gasteiger partial charge in [-0.2, -0.15) is 0 Å². The van der Waals surface area contributed by atoms with Gasteiger partial charge in [-0.3, -0.25) is 0 Å². The van der Waals surface area contributed by atoms with Crippen LogP contribution in [0, 0.1) is 0 Å². The van der Waals surface area contributed by atoms with E-state index in [4.69, 9.17) is 14.2 Å². The number of aryl methyl sites for hydroxylation is 1. The molecule has 0 aliphatic carbocycles. The van der Waals surface area contributed by atoms with Crippen LogP contribution >= 0.6 is 0 Å². The summed E-state index contributed by atoms with van der Waals surface area (Å²) in [4.78, 5) is 6.52. The van der Waals surface area contributed by atoms with E-state index in [1.54, 1.807) is 30.5 Å². The number of aliphatic hydroxyl groups is 1. The highest BCUT2D eigenvalue weighted by atomic mass is 32.2. The number of ether oxygens (including phenoxy) is 3. The Labute approximate surface area is 192 Å². The summed E-state index contributed by atoms with van der Waals surface area (Å²) >= 11 is 0. The Balaban J connectivity index is 1.78. The molecule has 1 N–H and O–H groups in total. The van der Waals surface area contributed by atoms with Crippen LogP contribution in [0.3, 0.4) is 0 Å². The van der Waals surface area contributed by atoms with Crippen LogP contribution in [0.15, 0.2) is 53.9 Å². The van der Waals surface area contributed by atoms with Crippen molar-refractivity contribution in [1.29, 1.82) is 0 Å². The monoisotopic (exact) mass is 473 g/mol. The van der Waals surface area contributed by atoms with Crippen LogP contribution in [-0.4, -0.2) is 63.0 Å². The molecule has 9 nitrogen and oxygen atoms in total. The van der Waals surface area contributed by atoms with Gasteiger partial charge < -0.3 is 24.2 Å². The summed E-state index contributed by atoms with van der Waals surface area (Å²) in [5.74, 6) is 1.64. The van der Waals surface area contributed by atoms with Crippen LogP contribution < -0.4 is 14.4 Å². The molecule has 10 heteroatoms. The van der Waals surface area contributed by atoms with Crippen LogP contribution in [-0.2, 0) is 21.2 Å². The van der Waals surface area contributed by atoms with Gasteiger partial charge in [0.15, 0.2) is 11.5 Å². The van der Waals surface area contributed by atoms with E-state index in [9.17, 15) is 13.5 Å². The van der Waals surface area contributed by atoms with Crippen molar-refractivity contribution in [3.05, 3.63) is 54.6 Å². The second-order valence-electron chi connectivity index (χ2n) is 7.70. The number of aliphatic hydroxyl groups excluding tert-OH is 1. The Kier molecular flexibility index (Phi) is 6.48. The fourth-order valence-electron chi connectivity index (χ4n) is 3.88. The van der Waals surface area contributed by atoms with E-state index in [1.165, 1.54) is 24.4 Å². The van der Waals surface area contributed by atoms with Crippen molar-refractivity contribution in [3.63, 3.8) is 0 Å². The van der Waals surface area contributed by atoms with Crippen molar-refractivity contribution in [2.24, 2.45) is 0 Å². The molecule has 33 heavy (non-hydrogen) atoms. The minimum atomic E-state index is -3.95. The topological polar surface area (TPSA) is 103 Å². The van der Waals surface area contributed by atoms with E-state index in [0.717, 1.165) is 5.56 Å². The van der Waals surface area contributed by atoms with Gasteiger partial charge in [0.05, 0.1) is 38.7 Å². The molecule has 1 aliphatic rings. The average molecular weight is 474 g/mol. The first-order valence-corrected chi connectivity index (χ1v) is 12.0. The summed E-state index contributed by atoms with van der Waals surface area (Å²) in [6.07, 6.45) is 3.67. The maximum atomic E-state index is 13.6. The molecule has 0 radical (unpaired) electrons. The SMILES string of the molecule is C=C(O)CCc1cn(S(=O)(=O)c2ccc(N3CCOCC3)nc2)c2cc(OC)c(OC)cc12. The van der Waals surface area contributed by atoms with Gasteiger partial charge >= 0.3 is 0 Å². The maximum absolute atomic E-state index is 13.6. The summed E-state index contributed by atoms with van der Waals surface area (Å²) in [6, 6.07) is 6.66. The molecule has 0 spiro atoms. The van der Waals surface area contributed by atoms with Crippen molar-refractivity contribution in [2.45, 2.75) is 17.7 Å². The summed E-state index contributed by atoms with van der Waals surface area (Å²) in [7, 11) is -0.927.